The summed E-state index contributed by atoms with van der Waals surface area (Å²) < 4.78 is 10.8. The maximum atomic E-state index is 5.53. The Morgan fingerprint density at radius 2 is 1.45 bits per heavy atom. The molecule has 0 heterocycles. The van der Waals surface area contributed by atoms with E-state index in [9.17, 15) is 0 Å². The molecule has 0 aromatic heterocycles. The van der Waals surface area contributed by atoms with Crippen LogP contribution in [0.4, 0.5) is 0 Å². The van der Waals surface area contributed by atoms with Crippen LogP contribution in [-0.2, 0) is 0 Å². The molecule has 100 valence electrons. The summed E-state index contributed by atoms with van der Waals surface area (Å²) in [5.41, 5.74) is 2.24. The number of fused-ring (bicyclic) bond motifs is 1. The van der Waals surface area contributed by atoms with Crippen LogP contribution in [0.2, 0.25) is 0 Å². The fourth-order valence-corrected chi connectivity index (χ4v) is 2.48. The van der Waals surface area contributed by atoms with Gasteiger partial charge in [-0.2, -0.15) is 0 Å². The molecule has 0 aliphatic heterocycles. The minimum atomic E-state index is 0.855. The molecule has 3 rings (SSSR count). The highest BCUT2D eigenvalue weighted by Gasteiger charge is 2.10. The Labute approximate surface area is 118 Å². The minimum absolute atomic E-state index is 0.855. The van der Waals surface area contributed by atoms with Gasteiger partial charge in [0.2, 0.25) is 0 Å². The van der Waals surface area contributed by atoms with Gasteiger partial charge in [0.15, 0.2) is 0 Å². The van der Waals surface area contributed by atoms with Crippen LogP contribution in [0, 0.1) is 0 Å². The van der Waals surface area contributed by atoms with Gasteiger partial charge in [-0.25, -0.2) is 0 Å². The van der Waals surface area contributed by atoms with Crippen molar-refractivity contribution in [2.24, 2.45) is 0 Å². The Morgan fingerprint density at radius 3 is 2.15 bits per heavy atom. The smallest absolute Gasteiger partial charge is 0.127 e. The van der Waals surface area contributed by atoms with Crippen molar-refractivity contribution in [1.29, 1.82) is 0 Å². The molecule has 0 atom stereocenters. The first-order chi connectivity index (χ1) is 9.83. The molecule has 0 fully saturated rings. The third-order valence-corrected chi connectivity index (χ3v) is 3.49. The second-order valence-electron chi connectivity index (χ2n) is 4.59. The summed E-state index contributed by atoms with van der Waals surface area (Å²) in [6, 6.07) is 20.5. The average molecular weight is 264 g/mol. The van der Waals surface area contributed by atoms with Gasteiger partial charge < -0.3 is 9.47 Å². The zero-order valence-electron chi connectivity index (χ0n) is 11.6. The second-order valence-corrected chi connectivity index (χ2v) is 4.59. The van der Waals surface area contributed by atoms with E-state index in [1.807, 2.05) is 24.3 Å². The van der Waals surface area contributed by atoms with Gasteiger partial charge in [0.1, 0.15) is 11.5 Å². The van der Waals surface area contributed by atoms with Crippen LogP contribution in [0.15, 0.2) is 60.7 Å². The van der Waals surface area contributed by atoms with Crippen LogP contribution >= 0.6 is 0 Å². The first-order valence-corrected chi connectivity index (χ1v) is 6.53. The van der Waals surface area contributed by atoms with Crippen molar-refractivity contribution in [2.45, 2.75) is 0 Å². The maximum Gasteiger partial charge on any atom is 0.127 e. The van der Waals surface area contributed by atoms with Crippen molar-refractivity contribution >= 4 is 10.8 Å². The third kappa shape index (κ3) is 2.10. The lowest BCUT2D eigenvalue weighted by Gasteiger charge is -2.12. The predicted molar refractivity (Wildman–Crippen MR) is 82.5 cm³/mol. The Morgan fingerprint density at radius 1 is 0.700 bits per heavy atom. The molecule has 0 bridgehead atoms. The van der Waals surface area contributed by atoms with Gasteiger partial charge in [0.05, 0.1) is 14.2 Å². The number of benzene rings is 3. The van der Waals surface area contributed by atoms with Crippen molar-refractivity contribution in [3.63, 3.8) is 0 Å². The van der Waals surface area contributed by atoms with Crippen molar-refractivity contribution in [2.75, 3.05) is 14.2 Å². The molecular formula is C18H16O2. The van der Waals surface area contributed by atoms with Crippen molar-refractivity contribution < 1.29 is 9.47 Å². The molecule has 0 radical (unpaired) electrons. The second kappa shape index (κ2) is 5.25. The Kier molecular flexibility index (Phi) is 3.30. The van der Waals surface area contributed by atoms with E-state index in [2.05, 4.69) is 36.4 Å². The maximum absolute atomic E-state index is 5.53. The molecular weight excluding hydrogens is 248 g/mol. The Hall–Kier alpha value is -2.48. The topological polar surface area (TPSA) is 18.5 Å². The molecule has 0 aliphatic carbocycles. The molecule has 3 aromatic rings. The van der Waals surface area contributed by atoms with Crippen LogP contribution in [0.3, 0.4) is 0 Å². The summed E-state index contributed by atoms with van der Waals surface area (Å²) in [4.78, 5) is 0. The van der Waals surface area contributed by atoms with Crippen molar-refractivity contribution in [1.82, 2.24) is 0 Å². The van der Waals surface area contributed by atoms with Crippen molar-refractivity contribution in [3.05, 3.63) is 60.7 Å². The monoisotopic (exact) mass is 264 g/mol. The van der Waals surface area contributed by atoms with E-state index in [4.69, 9.17) is 9.47 Å². The molecule has 2 nitrogen and oxygen atoms in total. The van der Waals surface area contributed by atoms with E-state index in [0.29, 0.717) is 0 Å². The van der Waals surface area contributed by atoms with E-state index in [0.717, 1.165) is 22.6 Å². The zero-order chi connectivity index (χ0) is 13.9. The van der Waals surface area contributed by atoms with Crippen LogP contribution in [0.25, 0.3) is 21.9 Å². The van der Waals surface area contributed by atoms with Crippen LogP contribution in [-0.4, -0.2) is 14.2 Å². The molecule has 0 spiro atoms. The number of rotatable bonds is 3. The van der Waals surface area contributed by atoms with Crippen LogP contribution in [0.1, 0.15) is 0 Å². The number of hydrogen-bond donors (Lipinski definition) is 0. The molecule has 0 saturated carbocycles. The summed E-state index contributed by atoms with van der Waals surface area (Å²) in [5, 5.41) is 2.40. The molecule has 20 heavy (non-hydrogen) atoms. The van der Waals surface area contributed by atoms with E-state index < -0.39 is 0 Å². The molecule has 2 heteroatoms. The SMILES string of the molecule is COc1ccc(-c2c(OC)ccc3ccccc23)cc1. The predicted octanol–water partition coefficient (Wildman–Crippen LogP) is 4.52. The van der Waals surface area contributed by atoms with Crippen LogP contribution in [0.5, 0.6) is 11.5 Å². The summed E-state index contributed by atoms with van der Waals surface area (Å²) in [6.45, 7) is 0. The molecule has 3 aromatic carbocycles. The average Bonchev–Trinajstić information content (AvgIpc) is 2.54. The molecule has 0 aliphatic rings. The highest BCUT2D eigenvalue weighted by atomic mass is 16.5. The normalized spacial score (nSPS) is 10.5. The lowest BCUT2D eigenvalue weighted by atomic mass is 9.97. The molecule has 0 saturated heterocycles. The summed E-state index contributed by atoms with van der Waals surface area (Å²) in [6.07, 6.45) is 0. The van der Waals surface area contributed by atoms with E-state index in [1.165, 1.54) is 10.8 Å². The summed E-state index contributed by atoms with van der Waals surface area (Å²) >= 11 is 0. The standard InChI is InChI=1S/C18H16O2/c1-19-15-10-7-14(8-11-15)18-16-6-4-3-5-13(16)9-12-17(18)20-2/h3-12H,1-2H3. The van der Waals surface area contributed by atoms with Gasteiger partial charge in [-0.1, -0.05) is 42.5 Å². The molecule has 0 amide bonds. The lowest BCUT2D eigenvalue weighted by molar-refractivity contribution is 0.414. The Balaban J connectivity index is 2.26. The number of ether oxygens (including phenoxy) is 2. The Bertz CT molecular complexity index is 730. The first-order valence-electron chi connectivity index (χ1n) is 6.53. The third-order valence-electron chi connectivity index (χ3n) is 3.49. The number of hydrogen-bond acceptors (Lipinski definition) is 2. The largest absolute Gasteiger partial charge is 0.497 e. The molecule has 0 N–H and O–H groups in total. The first kappa shape index (κ1) is 12.5. The fraction of sp³-hybridized carbons (Fsp3) is 0.111. The van der Waals surface area contributed by atoms with Gasteiger partial charge in [-0.3, -0.25) is 0 Å². The van der Waals surface area contributed by atoms with Crippen molar-refractivity contribution in [3.8, 4) is 22.6 Å². The number of methoxy groups -OCH3 is 2. The lowest BCUT2D eigenvalue weighted by Crippen LogP contribution is -1.90. The highest BCUT2D eigenvalue weighted by Crippen LogP contribution is 2.37. The van der Waals surface area contributed by atoms with Gasteiger partial charge in [0, 0.05) is 5.56 Å². The van der Waals surface area contributed by atoms with Gasteiger partial charge in [0.25, 0.3) is 0 Å². The van der Waals surface area contributed by atoms with Gasteiger partial charge >= 0.3 is 0 Å². The van der Waals surface area contributed by atoms with Crippen LogP contribution < -0.4 is 9.47 Å². The highest BCUT2D eigenvalue weighted by molar-refractivity contribution is 5.99. The summed E-state index contributed by atoms with van der Waals surface area (Å²) in [5.74, 6) is 1.74. The van der Waals surface area contributed by atoms with E-state index >= 15 is 0 Å². The minimum Gasteiger partial charge on any atom is -0.497 e. The van der Waals surface area contributed by atoms with Gasteiger partial charge in [-0.05, 0) is 34.5 Å². The zero-order valence-corrected chi connectivity index (χ0v) is 11.6. The summed E-state index contributed by atoms with van der Waals surface area (Å²) in [7, 11) is 3.38. The molecule has 0 unspecified atom stereocenters. The fourth-order valence-electron chi connectivity index (χ4n) is 2.48. The van der Waals surface area contributed by atoms with E-state index in [1.54, 1.807) is 14.2 Å². The van der Waals surface area contributed by atoms with Gasteiger partial charge in [-0.15, -0.1) is 0 Å². The van der Waals surface area contributed by atoms with E-state index in [-0.39, 0.29) is 0 Å². The quantitative estimate of drug-likeness (QED) is 0.692.